The number of hydrogen-bond acceptors (Lipinski definition) is 6. The summed E-state index contributed by atoms with van der Waals surface area (Å²) in [5, 5.41) is 14.6. The zero-order chi connectivity index (χ0) is 20.2. The van der Waals surface area contributed by atoms with E-state index in [4.69, 9.17) is 10.3 Å². The van der Waals surface area contributed by atoms with Crippen LogP contribution in [0.5, 0.6) is 0 Å². The maximum Gasteiger partial charge on any atom is 0.277 e. The largest absolute Gasteiger partial charge is 0.341 e. The van der Waals surface area contributed by atoms with Gasteiger partial charge in [0, 0.05) is 37.9 Å². The maximum atomic E-state index is 11.4. The van der Waals surface area contributed by atoms with Crippen molar-refractivity contribution < 1.29 is 10.0 Å². The predicted molar refractivity (Wildman–Crippen MR) is 110 cm³/mol. The average molecular weight is 394 g/mol. The molecule has 3 aromatic rings. The Morgan fingerprint density at radius 2 is 1.93 bits per heavy atom. The SMILES string of the molecule is Cn1nc(CCCC2CCN(c3ncc(C(=O)NO)cn3)CC2)c2ccccc21. The molecular weight excluding hydrogens is 368 g/mol. The molecule has 1 aromatic carbocycles. The molecule has 1 fully saturated rings. The highest BCUT2D eigenvalue weighted by Gasteiger charge is 2.21. The zero-order valence-corrected chi connectivity index (χ0v) is 16.6. The quantitative estimate of drug-likeness (QED) is 0.493. The third-order valence-corrected chi connectivity index (χ3v) is 5.76. The first-order valence-electron chi connectivity index (χ1n) is 10.1. The summed E-state index contributed by atoms with van der Waals surface area (Å²) < 4.78 is 1.97. The Morgan fingerprint density at radius 1 is 1.21 bits per heavy atom. The van der Waals surface area contributed by atoms with Gasteiger partial charge in [-0.2, -0.15) is 5.10 Å². The molecule has 0 aliphatic carbocycles. The topological polar surface area (TPSA) is 96.2 Å². The molecular formula is C21H26N6O2. The summed E-state index contributed by atoms with van der Waals surface area (Å²) in [7, 11) is 2.01. The molecule has 2 N–H and O–H groups in total. The molecule has 0 bridgehead atoms. The van der Waals surface area contributed by atoms with Gasteiger partial charge in [-0.25, -0.2) is 15.4 Å². The Labute approximate surface area is 169 Å². The number of benzene rings is 1. The molecule has 0 unspecified atom stereocenters. The van der Waals surface area contributed by atoms with Crippen LogP contribution in [0.2, 0.25) is 0 Å². The van der Waals surface area contributed by atoms with E-state index in [1.807, 2.05) is 11.7 Å². The van der Waals surface area contributed by atoms with Gasteiger partial charge < -0.3 is 4.90 Å². The van der Waals surface area contributed by atoms with Crippen molar-refractivity contribution in [3.05, 3.63) is 47.9 Å². The highest BCUT2D eigenvalue weighted by atomic mass is 16.5. The monoisotopic (exact) mass is 394 g/mol. The first-order chi connectivity index (χ1) is 14.2. The van der Waals surface area contributed by atoms with Crippen molar-refractivity contribution in [3.63, 3.8) is 0 Å². The fraction of sp³-hybridized carbons (Fsp3) is 0.429. The van der Waals surface area contributed by atoms with Gasteiger partial charge in [0.05, 0.1) is 16.8 Å². The number of piperidine rings is 1. The maximum absolute atomic E-state index is 11.4. The standard InChI is InChI=1S/C21H26N6O2/c1-26-19-8-3-2-6-17(19)18(24-26)7-4-5-15-9-11-27(12-10-15)21-22-13-16(14-23-21)20(28)25-29/h2-3,6,8,13-15,29H,4-5,7,9-12H2,1H3,(H,25,28). The second kappa shape index (κ2) is 8.57. The normalized spacial score (nSPS) is 15.0. The molecule has 8 nitrogen and oxygen atoms in total. The summed E-state index contributed by atoms with van der Waals surface area (Å²) in [6.07, 6.45) is 8.48. The van der Waals surface area contributed by atoms with E-state index in [0.717, 1.165) is 38.8 Å². The molecule has 0 spiro atoms. The first-order valence-corrected chi connectivity index (χ1v) is 10.1. The van der Waals surface area contributed by atoms with Crippen LogP contribution in [0.15, 0.2) is 36.7 Å². The highest BCUT2D eigenvalue weighted by molar-refractivity contribution is 5.92. The third kappa shape index (κ3) is 4.22. The molecule has 8 heteroatoms. The van der Waals surface area contributed by atoms with Crippen molar-refractivity contribution in [2.24, 2.45) is 13.0 Å². The fourth-order valence-electron chi connectivity index (χ4n) is 4.12. The molecule has 1 amide bonds. The minimum atomic E-state index is -0.601. The van der Waals surface area contributed by atoms with E-state index >= 15 is 0 Å². The predicted octanol–water partition coefficient (Wildman–Crippen LogP) is 2.72. The number of nitrogens with zero attached hydrogens (tertiary/aromatic N) is 5. The minimum absolute atomic E-state index is 0.244. The van der Waals surface area contributed by atoms with Gasteiger partial charge in [0.1, 0.15) is 0 Å². The van der Waals surface area contributed by atoms with Gasteiger partial charge in [-0.05, 0) is 44.1 Å². The zero-order valence-electron chi connectivity index (χ0n) is 16.6. The van der Waals surface area contributed by atoms with Crippen LogP contribution in [0.3, 0.4) is 0 Å². The van der Waals surface area contributed by atoms with Crippen molar-refractivity contribution in [3.8, 4) is 0 Å². The summed E-state index contributed by atoms with van der Waals surface area (Å²) >= 11 is 0. The molecule has 0 atom stereocenters. The Balaban J connectivity index is 1.26. The van der Waals surface area contributed by atoms with Crippen LogP contribution in [0.4, 0.5) is 5.95 Å². The van der Waals surface area contributed by atoms with Gasteiger partial charge in [-0.3, -0.25) is 14.7 Å². The highest BCUT2D eigenvalue weighted by Crippen LogP contribution is 2.26. The second-order valence-corrected chi connectivity index (χ2v) is 7.62. The van der Waals surface area contributed by atoms with Crippen LogP contribution in [0, 0.1) is 5.92 Å². The summed E-state index contributed by atoms with van der Waals surface area (Å²) in [6, 6.07) is 8.41. The van der Waals surface area contributed by atoms with E-state index in [1.165, 1.54) is 35.4 Å². The number of aryl methyl sites for hydroxylation is 2. The van der Waals surface area contributed by atoms with Crippen LogP contribution in [-0.2, 0) is 13.5 Å². The number of anilines is 1. The third-order valence-electron chi connectivity index (χ3n) is 5.76. The number of aromatic nitrogens is 4. The molecule has 4 rings (SSSR count). The van der Waals surface area contributed by atoms with Crippen LogP contribution in [0.1, 0.15) is 41.7 Å². The number of carbonyl (C=O) groups excluding carboxylic acids is 1. The second-order valence-electron chi connectivity index (χ2n) is 7.62. The molecule has 1 aliphatic heterocycles. The van der Waals surface area contributed by atoms with Crippen molar-refractivity contribution in [1.29, 1.82) is 0 Å². The van der Waals surface area contributed by atoms with E-state index in [9.17, 15) is 4.79 Å². The number of para-hydroxylation sites is 1. The van der Waals surface area contributed by atoms with E-state index in [1.54, 1.807) is 5.48 Å². The van der Waals surface area contributed by atoms with Gasteiger partial charge in [0.25, 0.3) is 5.91 Å². The molecule has 3 heterocycles. The number of fused-ring (bicyclic) bond motifs is 1. The van der Waals surface area contributed by atoms with Crippen molar-refractivity contribution >= 4 is 22.8 Å². The molecule has 1 saturated heterocycles. The van der Waals surface area contributed by atoms with Gasteiger partial charge in [0.15, 0.2) is 0 Å². The number of nitrogens with one attached hydrogen (secondary N) is 1. The average Bonchev–Trinajstić information content (AvgIpc) is 3.10. The number of rotatable bonds is 6. The van der Waals surface area contributed by atoms with Gasteiger partial charge in [-0.1, -0.05) is 18.2 Å². The van der Waals surface area contributed by atoms with Crippen molar-refractivity contribution in [2.45, 2.75) is 32.1 Å². The summed E-state index contributed by atoms with van der Waals surface area (Å²) in [6.45, 7) is 1.84. The van der Waals surface area contributed by atoms with Gasteiger partial charge in [-0.15, -0.1) is 0 Å². The Kier molecular flexibility index (Phi) is 5.71. The number of carbonyl (C=O) groups is 1. The minimum Gasteiger partial charge on any atom is -0.341 e. The van der Waals surface area contributed by atoms with Crippen molar-refractivity contribution in [1.82, 2.24) is 25.2 Å². The number of hydroxylamine groups is 1. The molecule has 2 aromatic heterocycles. The van der Waals surface area contributed by atoms with E-state index < -0.39 is 5.91 Å². The van der Waals surface area contributed by atoms with E-state index in [2.05, 4.69) is 39.1 Å². The fourth-order valence-corrected chi connectivity index (χ4v) is 4.12. The van der Waals surface area contributed by atoms with E-state index in [-0.39, 0.29) is 5.56 Å². The smallest absolute Gasteiger partial charge is 0.277 e. The number of amides is 1. The molecule has 0 saturated carbocycles. The molecule has 152 valence electrons. The van der Waals surface area contributed by atoms with Crippen LogP contribution in [0.25, 0.3) is 10.9 Å². The Bertz CT molecular complexity index is 977. The lowest BCUT2D eigenvalue weighted by Gasteiger charge is -2.32. The summed E-state index contributed by atoms with van der Waals surface area (Å²) in [4.78, 5) is 22.0. The van der Waals surface area contributed by atoms with Crippen molar-refractivity contribution in [2.75, 3.05) is 18.0 Å². The summed E-state index contributed by atoms with van der Waals surface area (Å²) in [5.41, 5.74) is 4.22. The molecule has 1 aliphatic rings. The first kappa shape index (κ1) is 19.3. The van der Waals surface area contributed by atoms with Crippen LogP contribution in [-0.4, -0.2) is 44.0 Å². The Morgan fingerprint density at radius 3 is 2.66 bits per heavy atom. The lowest BCUT2D eigenvalue weighted by atomic mass is 9.91. The van der Waals surface area contributed by atoms with Crippen LogP contribution >= 0.6 is 0 Å². The molecule has 0 radical (unpaired) electrons. The lowest BCUT2D eigenvalue weighted by molar-refractivity contribution is 0.0705. The summed E-state index contributed by atoms with van der Waals surface area (Å²) in [5.74, 6) is 0.745. The lowest BCUT2D eigenvalue weighted by Crippen LogP contribution is -2.35. The van der Waals surface area contributed by atoms with Gasteiger partial charge >= 0.3 is 0 Å². The van der Waals surface area contributed by atoms with Crippen LogP contribution < -0.4 is 10.4 Å². The molecule has 29 heavy (non-hydrogen) atoms. The van der Waals surface area contributed by atoms with E-state index in [0.29, 0.717) is 11.9 Å². The number of hydrogen-bond donors (Lipinski definition) is 2. The Hall–Kier alpha value is -3.00. The van der Waals surface area contributed by atoms with Gasteiger partial charge in [0.2, 0.25) is 5.95 Å².